The number of carbonyl (C=O) groups excluding carboxylic acids is 1. The van der Waals surface area contributed by atoms with Gasteiger partial charge in [-0.15, -0.1) is 0 Å². The second-order valence-corrected chi connectivity index (χ2v) is 4.67. The molecule has 1 aromatic carbocycles. The van der Waals surface area contributed by atoms with E-state index in [0.29, 0.717) is 18.9 Å². The largest absolute Gasteiger partial charge is 0.392 e. The Balaban J connectivity index is 2.28. The Hall–Kier alpha value is -1.35. The lowest BCUT2D eigenvalue weighted by molar-refractivity contribution is -0.121. The lowest BCUT2D eigenvalue weighted by Gasteiger charge is -2.07. The van der Waals surface area contributed by atoms with Gasteiger partial charge in [0.2, 0.25) is 5.91 Å². The monoisotopic (exact) mass is 235 g/mol. The van der Waals surface area contributed by atoms with Crippen molar-refractivity contribution in [3.63, 3.8) is 0 Å². The first-order chi connectivity index (χ1) is 8.11. The minimum Gasteiger partial charge on any atom is -0.392 e. The van der Waals surface area contributed by atoms with Crippen molar-refractivity contribution < 1.29 is 9.90 Å². The highest BCUT2D eigenvalue weighted by molar-refractivity contribution is 5.76. The zero-order valence-corrected chi connectivity index (χ0v) is 10.6. The molecule has 0 unspecified atom stereocenters. The number of hydrogen-bond acceptors (Lipinski definition) is 2. The molecule has 0 saturated carbocycles. The summed E-state index contributed by atoms with van der Waals surface area (Å²) < 4.78 is 0. The molecule has 0 aliphatic carbocycles. The van der Waals surface area contributed by atoms with Gasteiger partial charge in [0.1, 0.15) is 0 Å². The van der Waals surface area contributed by atoms with Crippen molar-refractivity contribution >= 4 is 5.91 Å². The zero-order valence-electron chi connectivity index (χ0n) is 10.6. The second-order valence-electron chi connectivity index (χ2n) is 4.67. The van der Waals surface area contributed by atoms with Crippen LogP contribution in [0.5, 0.6) is 0 Å². The van der Waals surface area contributed by atoms with Crippen LogP contribution in [-0.2, 0) is 17.8 Å². The van der Waals surface area contributed by atoms with Gasteiger partial charge in [-0.25, -0.2) is 0 Å². The Morgan fingerprint density at radius 2 is 1.82 bits per heavy atom. The van der Waals surface area contributed by atoms with Gasteiger partial charge in [0.25, 0.3) is 0 Å². The minimum atomic E-state index is 0.0748. The van der Waals surface area contributed by atoms with Gasteiger partial charge in [0.05, 0.1) is 6.61 Å². The van der Waals surface area contributed by atoms with Gasteiger partial charge in [-0.1, -0.05) is 38.1 Å². The van der Waals surface area contributed by atoms with E-state index < -0.39 is 0 Å². The molecule has 0 aliphatic rings. The molecule has 0 heterocycles. The van der Waals surface area contributed by atoms with Gasteiger partial charge >= 0.3 is 0 Å². The molecule has 94 valence electrons. The predicted molar refractivity (Wildman–Crippen MR) is 68.5 cm³/mol. The SMILES string of the molecule is CC(C)CC(=O)NCCc1ccc(CO)cc1. The van der Waals surface area contributed by atoms with Crippen LogP contribution < -0.4 is 5.32 Å². The van der Waals surface area contributed by atoms with E-state index in [1.54, 1.807) is 0 Å². The van der Waals surface area contributed by atoms with Gasteiger partial charge in [-0.3, -0.25) is 4.79 Å². The molecule has 2 N–H and O–H groups in total. The Morgan fingerprint density at radius 3 is 2.35 bits per heavy atom. The molecule has 0 aliphatic heterocycles. The summed E-state index contributed by atoms with van der Waals surface area (Å²) in [6, 6.07) is 7.79. The molecule has 3 heteroatoms. The molecule has 0 fully saturated rings. The summed E-state index contributed by atoms with van der Waals surface area (Å²) in [5.41, 5.74) is 2.09. The normalized spacial score (nSPS) is 10.6. The van der Waals surface area contributed by atoms with E-state index in [9.17, 15) is 4.79 Å². The van der Waals surface area contributed by atoms with E-state index in [1.165, 1.54) is 5.56 Å². The number of aliphatic hydroxyl groups excluding tert-OH is 1. The van der Waals surface area contributed by atoms with E-state index in [-0.39, 0.29) is 12.5 Å². The van der Waals surface area contributed by atoms with Crippen LogP contribution in [0.4, 0.5) is 0 Å². The van der Waals surface area contributed by atoms with Crippen LogP contribution in [0.25, 0.3) is 0 Å². The molecular formula is C14H21NO2. The van der Waals surface area contributed by atoms with E-state index in [1.807, 2.05) is 38.1 Å². The third-order valence-corrected chi connectivity index (χ3v) is 2.54. The number of carbonyl (C=O) groups is 1. The van der Waals surface area contributed by atoms with Crippen molar-refractivity contribution in [2.45, 2.75) is 33.3 Å². The summed E-state index contributed by atoms with van der Waals surface area (Å²) in [7, 11) is 0. The number of amides is 1. The summed E-state index contributed by atoms with van der Waals surface area (Å²) in [6.07, 6.45) is 1.42. The van der Waals surface area contributed by atoms with Crippen molar-refractivity contribution in [3.05, 3.63) is 35.4 Å². The quantitative estimate of drug-likeness (QED) is 0.791. The number of aliphatic hydroxyl groups is 1. The topological polar surface area (TPSA) is 49.3 Å². The molecule has 17 heavy (non-hydrogen) atoms. The fraction of sp³-hybridized carbons (Fsp3) is 0.500. The molecule has 0 atom stereocenters. The van der Waals surface area contributed by atoms with Crippen LogP contribution >= 0.6 is 0 Å². The fourth-order valence-corrected chi connectivity index (χ4v) is 1.60. The molecule has 1 amide bonds. The third kappa shape index (κ3) is 5.50. The molecule has 1 rings (SSSR count). The molecule has 0 bridgehead atoms. The van der Waals surface area contributed by atoms with Crippen LogP contribution in [0.2, 0.25) is 0 Å². The average molecular weight is 235 g/mol. The van der Waals surface area contributed by atoms with Gasteiger partial charge in [-0.05, 0) is 23.5 Å². The second kappa shape index (κ2) is 7.07. The third-order valence-electron chi connectivity index (χ3n) is 2.54. The molecule has 0 radical (unpaired) electrons. The molecule has 0 saturated heterocycles. The maximum Gasteiger partial charge on any atom is 0.220 e. The number of rotatable bonds is 6. The Bertz CT molecular complexity index is 344. The summed E-state index contributed by atoms with van der Waals surface area (Å²) in [5, 5.41) is 11.8. The Morgan fingerprint density at radius 1 is 1.24 bits per heavy atom. The van der Waals surface area contributed by atoms with Crippen molar-refractivity contribution in [2.24, 2.45) is 5.92 Å². The number of benzene rings is 1. The highest BCUT2D eigenvalue weighted by atomic mass is 16.3. The van der Waals surface area contributed by atoms with Crippen LogP contribution in [0.15, 0.2) is 24.3 Å². The molecule has 0 aromatic heterocycles. The summed E-state index contributed by atoms with van der Waals surface area (Å²) in [6.45, 7) is 4.82. The molecule has 0 spiro atoms. The first-order valence-corrected chi connectivity index (χ1v) is 6.07. The smallest absolute Gasteiger partial charge is 0.220 e. The standard InChI is InChI=1S/C14H21NO2/c1-11(2)9-14(17)15-8-7-12-3-5-13(10-16)6-4-12/h3-6,11,16H,7-10H2,1-2H3,(H,15,17). The van der Waals surface area contributed by atoms with Crippen molar-refractivity contribution in [1.29, 1.82) is 0 Å². The van der Waals surface area contributed by atoms with E-state index >= 15 is 0 Å². The Labute approximate surface area is 103 Å². The predicted octanol–water partition coefficient (Wildman–Crippen LogP) is 1.88. The lowest BCUT2D eigenvalue weighted by atomic mass is 10.1. The Kier molecular flexibility index (Phi) is 5.70. The minimum absolute atomic E-state index is 0.0748. The van der Waals surface area contributed by atoms with E-state index in [4.69, 9.17) is 5.11 Å². The van der Waals surface area contributed by atoms with Crippen molar-refractivity contribution in [2.75, 3.05) is 6.54 Å². The van der Waals surface area contributed by atoms with Gasteiger partial charge in [0.15, 0.2) is 0 Å². The number of hydrogen-bond donors (Lipinski definition) is 2. The molecular weight excluding hydrogens is 214 g/mol. The molecule has 3 nitrogen and oxygen atoms in total. The summed E-state index contributed by atoms with van der Waals surface area (Å²) >= 11 is 0. The van der Waals surface area contributed by atoms with E-state index in [0.717, 1.165) is 12.0 Å². The van der Waals surface area contributed by atoms with Gasteiger partial charge < -0.3 is 10.4 Å². The van der Waals surface area contributed by atoms with Crippen LogP contribution in [0.1, 0.15) is 31.4 Å². The first-order valence-electron chi connectivity index (χ1n) is 6.07. The zero-order chi connectivity index (χ0) is 12.7. The van der Waals surface area contributed by atoms with Crippen molar-refractivity contribution in [3.8, 4) is 0 Å². The van der Waals surface area contributed by atoms with Crippen molar-refractivity contribution in [1.82, 2.24) is 5.32 Å². The maximum absolute atomic E-state index is 11.4. The van der Waals surface area contributed by atoms with Crippen LogP contribution in [0, 0.1) is 5.92 Å². The molecule has 1 aromatic rings. The lowest BCUT2D eigenvalue weighted by Crippen LogP contribution is -2.26. The summed E-state index contributed by atoms with van der Waals surface area (Å²) in [5.74, 6) is 0.519. The number of nitrogens with one attached hydrogen (secondary N) is 1. The first kappa shape index (κ1) is 13.7. The highest BCUT2D eigenvalue weighted by Gasteiger charge is 2.03. The average Bonchev–Trinajstić information content (AvgIpc) is 2.29. The highest BCUT2D eigenvalue weighted by Crippen LogP contribution is 2.05. The summed E-state index contributed by atoms with van der Waals surface area (Å²) in [4.78, 5) is 11.4. The van der Waals surface area contributed by atoms with Gasteiger partial charge in [-0.2, -0.15) is 0 Å². The van der Waals surface area contributed by atoms with E-state index in [2.05, 4.69) is 5.32 Å². The van der Waals surface area contributed by atoms with Gasteiger partial charge in [0, 0.05) is 13.0 Å². The van der Waals surface area contributed by atoms with Crippen LogP contribution in [0.3, 0.4) is 0 Å². The maximum atomic E-state index is 11.4. The fourth-order valence-electron chi connectivity index (χ4n) is 1.60. The van der Waals surface area contributed by atoms with Crippen LogP contribution in [-0.4, -0.2) is 17.6 Å².